The fourth-order valence-corrected chi connectivity index (χ4v) is 15.9. The number of hydrogen-bond donors (Lipinski definition) is 8. The van der Waals surface area contributed by atoms with Gasteiger partial charge in [0.1, 0.15) is 69.9 Å². The molecule has 7 aliphatic rings. The van der Waals surface area contributed by atoms with Crippen molar-refractivity contribution in [3.63, 3.8) is 0 Å². The molecule has 0 bridgehead atoms. The van der Waals surface area contributed by atoms with Crippen molar-refractivity contribution in [2.45, 2.75) is 185 Å². The van der Waals surface area contributed by atoms with Gasteiger partial charge in [-0.2, -0.15) is 23.4 Å². The number of carbonyl (C=O) groups excluding carboxylic acids is 14. The van der Waals surface area contributed by atoms with Crippen molar-refractivity contribution >= 4 is 191 Å². The zero-order valence-corrected chi connectivity index (χ0v) is 75.6. The third-order valence-corrected chi connectivity index (χ3v) is 23.7. The molecule has 137 heavy (non-hydrogen) atoms. The average Bonchev–Trinajstić information content (AvgIpc) is 1.75. The van der Waals surface area contributed by atoms with Gasteiger partial charge in [-0.05, 0) is 143 Å². The van der Waals surface area contributed by atoms with Crippen molar-refractivity contribution in [1.82, 2.24) is 105 Å². The molecule has 52 heteroatoms. The SMILES string of the molecule is CCCC(=O)OCN1C(=O)CCC(n2nnc3cccc(N)c3c2=O)C1=O.CC[C@H](C)[C@H](N)C(=O)OCN1C(=O)CCC(n2nnc3cccc(N)c3c2=O)C1=O.Cl.Cl.Nc1ccc2nnn(C3CCC(=O)NC3=O)c(=O)c2c1.Nc1cccc2nnn(C3CCC(=O)N(COC(=O)C4CCCC4)C3=O)c(=O)c12.Nc1cccc2nnn(C3CCC(=O)N(COC(=O)[C@H]4CCCN4)C3=O)c(=O)c12. The number of ether oxygens (including phenoxy) is 4. The topological polar surface area (TPSA) is 708 Å². The van der Waals surface area contributed by atoms with E-state index in [1.807, 2.05) is 13.8 Å². The Morgan fingerprint density at radius 1 is 0.416 bits per heavy atom. The fourth-order valence-electron chi connectivity index (χ4n) is 15.9. The van der Waals surface area contributed by atoms with Gasteiger partial charge in [0.25, 0.3) is 57.3 Å². The van der Waals surface area contributed by atoms with Gasteiger partial charge in [0.05, 0.1) is 32.8 Å². The predicted molar refractivity (Wildman–Crippen MR) is 487 cm³/mol. The van der Waals surface area contributed by atoms with Gasteiger partial charge in [-0.15, -0.1) is 50.3 Å². The third-order valence-electron chi connectivity index (χ3n) is 23.7. The molecular formula is C85H97Cl2N27O23. The molecule has 10 amide bonds. The smallest absolute Gasteiger partial charge is 0.324 e. The molecular weight excluding hydrogens is 1840 g/mol. The highest BCUT2D eigenvalue weighted by molar-refractivity contribution is 6.04. The molecule has 1 saturated carbocycles. The second-order valence-corrected chi connectivity index (χ2v) is 32.5. The monoisotopic (exact) mass is 1930 g/mol. The lowest BCUT2D eigenvalue weighted by atomic mass is 10.0. The molecule has 7 fully saturated rings. The number of rotatable bonds is 20. The number of anilines is 5. The number of esters is 4. The van der Waals surface area contributed by atoms with Crippen LogP contribution < -0.4 is 72.8 Å². The first-order valence-corrected chi connectivity index (χ1v) is 43.2. The lowest BCUT2D eigenvalue weighted by molar-refractivity contribution is -0.167. The molecule has 5 aromatic heterocycles. The number of nitrogens with two attached hydrogens (primary N) is 6. The minimum Gasteiger partial charge on any atom is -0.444 e. The molecule has 724 valence electrons. The molecule has 14 N–H and O–H groups in total. The molecule has 0 spiro atoms. The van der Waals surface area contributed by atoms with Crippen LogP contribution >= 0.6 is 24.8 Å². The number of fused-ring (bicyclic) bond motifs is 5. The minimum atomic E-state index is -1.06. The van der Waals surface area contributed by atoms with Gasteiger partial charge in [0.15, 0.2) is 26.9 Å². The van der Waals surface area contributed by atoms with E-state index in [0.29, 0.717) is 57.9 Å². The van der Waals surface area contributed by atoms with Crippen molar-refractivity contribution in [2.75, 3.05) is 62.1 Å². The minimum absolute atomic E-state index is 0. The molecule has 5 aromatic carbocycles. The van der Waals surface area contributed by atoms with Gasteiger partial charge < -0.3 is 58.7 Å². The Bertz CT molecular complexity index is 6570. The van der Waals surface area contributed by atoms with Crippen molar-refractivity contribution in [3.05, 3.63) is 143 Å². The number of halogens is 2. The predicted octanol–water partition coefficient (Wildman–Crippen LogP) is 0.569. The highest BCUT2D eigenvalue weighted by atomic mass is 35.5. The zero-order chi connectivity index (χ0) is 96.9. The fraction of sp³-hybridized carbons (Fsp3) is 0.424. The van der Waals surface area contributed by atoms with Gasteiger partial charge in [0, 0.05) is 67.0 Å². The van der Waals surface area contributed by atoms with E-state index in [1.165, 1.54) is 6.07 Å². The average molecular weight is 1940 g/mol. The summed E-state index contributed by atoms with van der Waals surface area (Å²) in [5.41, 5.74) is 35.3. The van der Waals surface area contributed by atoms with Crippen LogP contribution in [0.15, 0.2) is 115 Å². The molecule has 5 unspecified atom stereocenters. The van der Waals surface area contributed by atoms with Gasteiger partial charge in [-0.3, -0.25) is 96.4 Å². The van der Waals surface area contributed by atoms with Crippen LogP contribution in [-0.4, -0.2) is 223 Å². The van der Waals surface area contributed by atoms with Crippen LogP contribution in [-0.2, 0) is 86.1 Å². The van der Waals surface area contributed by atoms with Gasteiger partial charge in [0.2, 0.25) is 29.5 Å². The van der Waals surface area contributed by atoms with Crippen LogP contribution in [0.25, 0.3) is 54.5 Å². The van der Waals surface area contributed by atoms with Crippen molar-refractivity contribution in [3.8, 4) is 0 Å². The number of nitrogen functional groups attached to an aromatic ring is 5. The van der Waals surface area contributed by atoms with E-state index >= 15 is 0 Å². The van der Waals surface area contributed by atoms with Gasteiger partial charge in [-0.25, -0.2) is 19.6 Å². The van der Waals surface area contributed by atoms with E-state index in [1.54, 1.807) is 91.9 Å². The van der Waals surface area contributed by atoms with Crippen LogP contribution in [0.1, 0.15) is 173 Å². The van der Waals surface area contributed by atoms with E-state index in [9.17, 15) is 91.1 Å². The first-order chi connectivity index (χ1) is 64.7. The lowest BCUT2D eigenvalue weighted by Crippen LogP contribution is -2.50. The Morgan fingerprint density at radius 3 is 1.14 bits per heavy atom. The number of nitrogens with zero attached hydrogens (tertiary/aromatic N) is 19. The second-order valence-electron chi connectivity index (χ2n) is 32.5. The molecule has 6 aliphatic heterocycles. The van der Waals surface area contributed by atoms with Crippen LogP contribution in [0.5, 0.6) is 0 Å². The van der Waals surface area contributed by atoms with E-state index in [2.05, 4.69) is 62.2 Å². The Balaban J connectivity index is 0.000000165. The maximum Gasteiger partial charge on any atom is 0.324 e. The summed E-state index contributed by atoms with van der Waals surface area (Å²) in [5.74, 6) is -7.91. The Hall–Kier alpha value is -15.5. The quantitative estimate of drug-likeness (QED) is 0.0224. The van der Waals surface area contributed by atoms with E-state index in [-0.39, 0.29) is 157 Å². The number of benzene rings is 5. The van der Waals surface area contributed by atoms with Crippen molar-refractivity contribution < 1.29 is 86.1 Å². The van der Waals surface area contributed by atoms with Crippen molar-refractivity contribution in [2.24, 2.45) is 17.6 Å². The summed E-state index contributed by atoms with van der Waals surface area (Å²) in [4.78, 5) is 238. The number of hydrogen-bond acceptors (Lipinski definition) is 40. The summed E-state index contributed by atoms with van der Waals surface area (Å²) < 4.78 is 25.2. The summed E-state index contributed by atoms with van der Waals surface area (Å²) in [6, 6.07) is 17.7. The Labute approximate surface area is 785 Å². The Kier molecular flexibility index (Phi) is 33.6. The van der Waals surface area contributed by atoms with Crippen LogP contribution in [0.3, 0.4) is 0 Å². The van der Waals surface area contributed by atoms with Crippen LogP contribution in [0.4, 0.5) is 28.4 Å². The molecule has 6 saturated heterocycles. The number of amides is 10. The highest BCUT2D eigenvalue weighted by Gasteiger charge is 2.44. The number of aromatic nitrogens is 15. The van der Waals surface area contributed by atoms with E-state index < -0.39 is 174 Å². The number of likely N-dealkylation sites (tertiary alicyclic amines) is 4. The molecule has 8 atom stereocenters. The lowest BCUT2D eigenvalue weighted by Gasteiger charge is -2.30. The van der Waals surface area contributed by atoms with Crippen LogP contribution in [0.2, 0.25) is 0 Å². The summed E-state index contributed by atoms with van der Waals surface area (Å²) in [7, 11) is 0. The van der Waals surface area contributed by atoms with Crippen molar-refractivity contribution in [1.29, 1.82) is 0 Å². The summed E-state index contributed by atoms with van der Waals surface area (Å²) in [5, 5.41) is 45.1. The summed E-state index contributed by atoms with van der Waals surface area (Å²) in [6.45, 7) is 4.20. The Morgan fingerprint density at radius 2 is 0.774 bits per heavy atom. The van der Waals surface area contributed by atoms with E-state index in [0.717, 1.165) is 81.7 Å². The largest absolute Gasteiger partial charge is 0.444 e. The van der Waals surface area contributed by atoms with E-state index in [4.69, 9.17) is 53.3 Å². The highest BCUT2D eigenvalue weighted by Crippen LogP contribution is 2.32. The first-order valence-electron chi connectivity index (χ1n) is 43.2. The standard InChI is InChI=1S/C19H24N6O5.C19H21N5O5.C18H20N6O5.C17H19N5O5.C12H11N5O3.2ClH/c1-3-10(2)16(21)19(29)30-9-24-14(26)8-7-13(17(24)27)25-18(28)15-11(20)5-4-6-12(15)22-23-25;20-12-6-3-7-13-16(12)18(27)24(22-21-13)14-8-9-15(25)23(17(14)26)10-29-19(28)11-4-1-2-5-11;19-10-3-1-4-11-15(10)17(27)24(22-21-11)13-6-7-14(25)23(16(13)26)9-29-18(28)12-5-2-8-20-12;1-2-4-14(24)27-9-21-13(23)8-7-12(16(21)25)22-17(26)15-10(18)5-3-6-11(15)19-20-22;13-6-1-2-8-7(5-6)12(20)17(16-15-8)9-3-4-10(18)14-11(9)19;;/h4-6,10,13,16H,3,7-9,20-21H2,1-2H3;3,6-7,11,14H,1-2,4-5,8-10,20H2;1,3-4,12-13,20H,2,5-9,19H2;3,5-6,12H,2,4,7-9,18H2,1H3;1-2,5,9H,3-4,13H2,(H,14,18,19);2*1H/t10-,13?,16-;;12-,13?;;;;/m0.1..../s1. The summed E-state index contributed by atoms with van der Waals surface area (Å²) >= 11 is 0. The normalized spacial score (nSPS) is 19.4. The zero-order valence-electron chi connectivity index (χ0n) is 74.0. The van der Waals surface area contributed by atoms with Crippen LogP contribution in [0, 0.1) is 11.8 Å². The molecule has 1 aliphatic carbocycles. The second kappa shape index (κ2) is 45.0. The number of nitrogens with one attached hydrogen (secondary N) is 2. The number of piperidine rings is 5. The van der Waals surface area contributed by atoms with Gasteiger partial charge in [-0.1, -0.05) is 90.4 Å². The first kappa shape index (κ1) is 102. The molecule has 10 aromatic rings. The maximum absolute atomic E-state index is 12.9. The molecule has 50 nitrogen and oxygen atoms in total. The molecule has 0 radical (unpaired) electrons. The molecule has 17 rings (SSSR count). The maximum atomic E-state index is 12.9. The summed E-state index contributed by atoms with van der Waals surface area (Å²) in [6.07, 6.45) is 7.19. The van der Waals surface area contributed by atoms with Gasteiger partial charge >= 0.3 is 23.9 Å². The third kappa shape index (κ3) is 22.5. The molecule has 11 heterocycles. The number of imide groups is 5. The number of carbonyl (C=O) groups is 14.